The lowest BCUT2D eigenvalue weighted by Gasteiger charge is -2.04. The molecule has 0 saturated carbocycles. The van der Waals surface area contributed by atoms with E-state index in [1.807, 2.05) is 0 Å². The van der Waals surface area contributed by atoms with Crippen LogP contribution in [0.15, 0.2) is 33.7 Å². The zero-order chi connectivity index (χ0) is 19.7. The number of carbonyl (C=O) groups is 2. The van der Waals surface area contributed by atoms with Crippen LogP contribution in [-0.2, 0) is 14.8 Å². The Morgan fingerprint density at radius 3 is 2.12 bits per heavy atom. The summed E-state index contributed by atoms with van der Waals surface area (Å²) in [5.74, 6) is -3.11. The highest BCUT2D eigenvalue weighted by molar-refractivity contribution is 7.90. The van der Waals surface area contributed by atoms with Crippen molar-refractivity contribution in [2.45, 2.75) is 11.1 Å². The first-order valence-corrected chi connectivity index (χ1v) is 7.59. The molecule has 1 aromatic rings. The minimum atomic E-state index is -5.08. The van der Waals surface area contributed by atoms with E-state index in [9.17, 15) is 26.4 Å². The largest absolute Gasteiger partial charge is 0.490 e. The number of carboxylic acids is 1. The minimum absolute atomic E-state index is 0.171. The molecule has 14 heteroatoms. The topological polar surface area (TPSA) is 175 Å². The summed E-state index contributed by atoms with van der Waals surface area (Å²) in [4.78, 5) is 22.4. The van der Waals surface area contributed by atoms with Gasteiger partial charge in [0.25, 0.3) is 15.9 Å². The minimum Gasteiger partial charge on any atom is -0.475 e. The van der Waals surface area contributed by atoms with E-state index >= 15 is 0 Å². The molecule has 0 spiro atoms. The number of hydrogen-bond donors (Lipinski definition) is 3. The number of nitrogens with one attached hydrogen (secondary N) is 1. The fourth-order valence-corrected chi connectivity index (χ4v) is 1.83. The number of rotatable bonds is 5. The number of nitrogens with two attached hydrogens (primary N) is 1. The number of amides is 1. The molecule has 1 amide bonds. The van der Waals surface area contributed by atoms with Crippen LogP contribution in [0.5, 0.6) is 0 Å². The SMILES string of the molecule is O=C(O)C(F)(F)F.[N-]=[N+]=NS(=O)(=O)c1ccc(C(=O)NCCN)cc1. The van der Waals surface area contributed by atoms with Gasteiger partial charge in [-0.1, -0.05) is 0 Å². The van der Waals surface area contributed by atoms with Crippen molar-refractivity contribution in [1.82, 2.24) is 5.32 Å². The monoisotopic (exact) mass is 383 g/mol. The highest BCUT2D eigenvalue weighted by atomic mass is 32.2. The molecule has 0 aliphatic carbocycles. The van der Waals surface area contributed by atoms with Crippen LogP contribution in [0, 0.1) is 0 Å². The standard InChI is InChI=1S/C9H11N5O3S.C2HF3O2/c10-5-6-12-9(15)7-1-3-8(4-2-7)18(16,17)14-13-11;3-2(4,5)1(6)7/h1-4H,5-6,10H2,(H,12,15);(H,6,7). The van der Waals surface area contributed by atoms with Gasteiger partial charge in [0.05, 0.1) is 4.90 Å². The van der Waals surface area contributed by atoms with E-state index < -0.39 is 22.2 Å². The molecule has 10 nitrogen and oxygen atoms in total. The van der Waals surface area contributed by atoms with E-state index in [0.717, 1.165) is 0 Å². The van der Waals surface area contributed by atoms with Gasteiger partial charge in [-0.15, -0.1) is 0 Å². The van der Waals surface area contributed by atoms with Crippen LogP contribution < -0.4 is 11.1 Å². The Labute approximate surface area is 139 Å². The summed E-state index contributed by atoms with van der Waals surface area (Å²) >= 11 is 0. The molecule has 1 rings (SSSR count). The first-order chi connectivity index (χ1) is 11.5. The zero-order valence-electron chi connectivity index (χ0n) is 12.3. The number of carboxylic acid groups (broad SMARTS) is 1. The van der Waals surface area contributed by atoms with Crippen LogP contribution in [0.4, 0.5) is 13.2 Å². The third kappa shape index (κ3) is 8.01. The average molecular weight is 383 g/mol. The van der Waals surface area contributed by atoms with Crippen LogP contribution in [0.2, 0.25) is 0 Å². The second kappa shape index (κ2) is 9.46. The Morgan fingerprint density at radius 1 is 1.28 bits per heavy atom. The van der Waals surface area contributed by atoms with Crippen molar-refractivity contribution in [2.75, 3.05) is 13.1 Å². The normalized spacial score (nSPS) is 10.7. The molecular weight excluding hydrogens is 371 g/mol. The summed E-state index contributed by atoms with van der Waals surface area (Å²) in [6, 6.07) is 5.04. The number of benzene rings is 1. The number of alkyl halides is 3. The van der Waals surface area contributed by atoms with Gasteiger partial charge >= 0.3 is 12.1 Å². The van der Waals surface area contributed by atoms with E-state index in [1.54, 1.807) is 0 Å². The molecule has 0 fully saturated rings. The fourth-order valence-electron chi connectivity index (χ4n) is 1.16. The number of carbonyl (C=O) groups excluding carboxylic acids is 1. The highest BCUT2D eigenvalue weighted by Crippen LogP contribution is 2.14. The van der Waals surface area contributed by atoms with Crippen molar-refractivity contribution in [3.8, 4) is 0 Å². The van der Waals surface area contributed by atoms with Crippen molar-refractivity contribution in [3.63, 3.8) is 0 Å². The van der Waals surface area contributed by atoms with Gasteiger partial charge in [0.2, 0.25) is 0 Å². The van der Waals surface area contributed by atoms with Crippen LogP contribution in [0.25, 0.3) is 10.4 Å². The third-order valence-corrected chi connectivity index (χ3v) is 3.39. The number of azide groups is 1. The zero-order valence-corrected chi connectivity index (χ0v) is 13.1. The highest BCUT2D eigenvalue weighted by Gasteiger charge is 2.38. The smallest absolute Gasteiger partial charge is 0.475 e. The van der Waals surface area contributed by atoms with Crippen LogP contribution in [-0.4, -0.2) is 44.7 Å². The Bertz CT molecular complexity index is 757. The Morgan fingerprint density at radius 2 is 1.76 bits per heavy atom. The second-order valence-corrected chi connectivity index (χ2v) is 5.60. The lowest BCUT2D eigenvalue weighted by atomic mass is 10.2. The molecule has 0 aliphatic heterocycles. The van der Waals surface area contributed by atoms with Gasteiger partial charge < -0.3 is 16.2 Å². The predicted molar refractivity (Wildman–Crippen MR) is 77.9 cm³/mol. The van der Waals surface area contributed by atoms with E-state index in [0.29, 0.717) is 18.7 Å². The van der Waals surface area contributed by atoms with E-state index in [1.165, 1.54) is 24.3 Å². The molecule has 1 aromatic carbocycles. The maximum absolute atomic E-state index is 11.5. The molecule has 0 atom stereocenters. The van der Waals surface area contributed by atoms with Crippen molar-refractivity contribution in [3.05, 3.63) is 40.3 Å². The van der Waals surface area contributed by atoms with E-state index in [4.69, 9.17) is 21.2 Å². The molecule has 0 bridgehead atoms. The first kappa shape index (κ1) is 22.2. The lowest BCUT2D eigenvalue weighted by Crippen LogP contribution is -2.28. The molecule has 0 aromatic heterocycles. The Kier molecular flexibility index (Phi) is 8.39. The summed E-state index contributed by atoms with van der Waals surface area (Å²) in [6.45, 7) is 0.646. The number of hydrogen-bond acceptors (Lipinski definition) is 5. The number of halogens is 3. The number of sulfonamides is 1. The number of nitrogens with zero attached hydrogens (tertiary/aromatic N) is 3. The van der Waals surface area contributed by atoms with E-state index in [2.05, 4.69) is 14.7 Å². The van der Waals surface area contributed by atoms with Crippen LogP contribution in [0.1, 0.15) is 10.4 Å². The van der Waals surface area contributed by atoms with Crippen molar-refractivity contribution >= 4 is 21.9 Å². The maximum atomic E-state index is 11.5. The van der Waals surface area contributed by atoms with Crippen molar-refractivity contribution in [2.24, 2.45) is 10.3 Å². The van der Waals surface area contributed by atoms with Gasteiger partial charge in [-0.05, 0) is 29.8 Å². The summed E-state index contributed by atoms with van der Waals surface area (Å²) in [7, 11) is -4.01. The van der Waals surface area contributed by atoms with Gasteiger partial charge in [0.1, 0.15) is 0 Å². The molecule has 4 N–H and O–H groups in total. The van der Waals surface area contributed by atoms with Crippen molar-refractivity contribution in [1.29, 1.82) is 0 Å². The molecule has 25 heavy (non-hydrogen) atoms. The summed E-state index contributed by atoms with van der Waals surface area (Å²) < 4.78 is 57.1. The first-order valence-electron chi connectivity index (χ1n) is 6.15. The molecule has 0 saturated heterocycles. The van der Waals surface area contributed by atoms with Gasteiger partial charge in [-0.2, -0.15) is 13.2 Å². The summed E-state index contributed by atoms with van der Waals surface area (Å²) in [6.07, 6.45) is -5.08. The predicted octanol–water partition coefficient (Wildman–Crippen LogP) is 1.01. The van der Waals surface area contributed by atoms with Crippen LogP contribution in [0.3, 0.4) is 0 Å². The molecule has 0 aliphatic rings. The molecule has 0 unspecified atom stereocenters. The van der Waals surface area contributed by atoms with Gasteiger partial charge in [0, 0.05) is 28.1 Å². The van der Waals surface area contributed by atoms with E-state index in [-0.39, 0.29) is 10.8 Å². The lowest BCUT2D eigenvalue weighted by molar-refractivity contribution is -0.192. The molecule has 0 heterocycles. The third-order valence-electron chi connectivity index (χ3n) is 2.23. The summed E-state index contributed by atoms with van der Waals surface area (Å²) in [5.41, 5.74) is 13.6. The molecule has 0 radical (unpaired) electrons. The maximum Gasteiger partial charge on any atom is 0.490 e. The van der Waals surface area contributed by atoms with Crippen LogP contribution >= 0.6 is 0 Å². The van der Waals surface area contributed by atoms with Gasteiger partial charge in [0.15, 0.2) is 0 Å². The number of aliphatic carboxylic acids is 1. The van der Waals surface area contributed by atoms with Gasteiger partial charge in [-0.25, -0.2) is 13.2 Å². The Balaban J connectivity index is 0.000000697. The quantitative estimate of drug-likeness (QED) is 0.388. The molecule has 138 valence electrons. The Hall–Kier alpha value is -2.83. The van der Waals surface area contributed by atoms with Gasteiger partial charge in [-0.3, -0.25) is 4.79 Å². The summed E-state index contributed by atoms with van der Waals surface area (Å²) in [5, 5.41) is 9.66. The average Bonchev–Trinajstić information content (AvgIpc) is 2.52. The fraction of sp³-hybridized carbons (Fsp3) is 0.273. The second-order valence-electron chi connectivity index (χ2n) is 4.02. The molecular formula is C11H12F3N5O5S. The van der Waals surface area contributed by atoms with Crippen molar-refractivity contribution < 1.29 is 36.3 Å².